The fraction of sp³-hybridized carbons (Fsp3) is 0.684. The van der Waals surface area contributed by atoms with Crippen LogP contribution in [-0.4, -0.2) is 55.1 Å². The number of hydrogen-bond acceptors (Lipinski definition) is 3. The number of pyridine rings is 1. The van der Waals surface area contributed by atoms with E-state index in [0.29, 0.717) is 5.15 Å². The molecule has 140 valence electrons. The van der Waals surface area contributed by atoms with Crippen molar-refractivity contribution in [3.63, 3.8) is 0 Å². The Labute approximate surface area is 157 Å². The molecule has 2 N–H and O–H groups in total. The van der Waals surface area contributed by atoms with Crippen LogP contribution in [-0.2, 0) is 6.42 Å². The molecule has 1 aromatic heterocycles. The molecular formula is C19H32ClN5. The Morgan fingerprint density at radius 2 is 2.00 bits per heavy atom. The molecule has 2 heterocycles. The number of aliphatic imine (C=N–C) groups is 1. The molecule has 1 saturated heterocycles. The van der Waals surface area contributed by atoms with Gasteiger partial charge in [-0.05, 0) is 63.9 Å². The van der Waals surface area contributed by atoms with Crippen LogP contribution in [0.5, 0.6) is 0 Å². The number of hydrogen-bond donors (Lipinski definition) is 2. The van der Waals surface area contributed by atoms with E-state index in [1.54, 1.807) is 0 Å². The third kappa shape index (κ3) is 8.54. The van der Waals surface area contributed by atoms with E-state index in [1.807, 2.05) is 18.3 Å². The standard InChI is InChI=1S/C19H32ClN5/c1-2-21-19(23-12-10-17-8-9-18(20)24-16-17)22-11-7-15-25-13-5-3-4-6-14-25/h8-9,16H,2-7,10-15H2,1H3,(H2,21,22,23). The fourth-order valence-electron chi connectivity index (χ4n) is 3.07. The summed E-state index contributed by atoms with van der Waals surface area (Å²) < 4.78 is 0. The zero-order valence-corrected chi connectivity index (χ0v) is 16.2. The van der Waals surface area contributed by atoms with Gasteiger partial charge in [0.25, 0.3) is 0 Å². The molecule has 0 spiro atoms. The van der Waals surface area contributed by atoms with Gasteiger partial charge in [-0.1, -0.05) is 30.5 Å². The van der Waals surface area contributed by atoms with Crippen molar-refractivity contribution in [2.45, 2.75) is 45.4 Å². The monoisotopic (exact) mass is 365 g/mol. The van der Waals surface area contributed by atoms with Crippen LogP contribution >= 0.6 is 11.6 Å². The number of nitrogens with one attached hydrogen (secondary N) is 2. The Kier molecular flexibility index (Phi) is 9.67. The number of aromatic nitrogens is 1. The number of halogens is 1. The first-order valence-electron chi connectivity index (χ1n) is 9.63. The lowest BCUT2D eigenvalue weighted by molar-refractivity contribution is 0.283. The largest absolute Gasteiger partial charge is 0.357 e. The van der Waals surface area contributed by atoms with Gasteiger partial charge in [0.05, 0.1) is 0 Å². The van der Waals surface area contributed by atoms with E-state index in [4.69, 9.17) is 16.6 Å². The van der Waals surface area contributed by atoms with Crippen molar-refractivity contribution < 1.29 is 0 Å². The van der Waals surface area contributed by atoms with Gasteiger partial charge in [-0.2, -0.15) is 0 Å². The molecule has 0 unspecified atom stereocenters. The molecule has 5 nitrogen and oxygen atoms in total. The quantitative estimate of drug-likeness (QED) is 0.322. The Hall–Kier alpha value is -1.33. The van der Waals surface area contributed by atoms with Gasteiger partial charge < -0.3 is 15.5 Å². The molecular weight excluding hydrogens is 334 g/mol. The topological polar surface area (TPSA) is 52.6 Å². The molecule has 0 bridgehead atoms. The van der Waals surface area contributed by atoms with Crippen LogP contribution in [0.4, 0.5) is 0 Å². The van der Waals surface area contributed by atoms with Gasteiger partial charge in [0.1, 0.15) is 5.15 Å². The molecule has 0 aromatic carbocycles. The highest BCUT2D eigenvalue weighted by Gasteiger charge is 2.07. The van der Waals surface area contributed by atoms with Crippen molar-refractivity contribution >= 4 is 17.6 Å². The molecule has 25 heavy (non-hydrogen) atoms. The van der Waals surface area contributed by atoms with Crippen molar-refractivity contribution in [1.82, 2.24) is 20.5 Å². The van der Waals surface area contributed by atoms with Crippen LogP contribution in [0.1, 0.15) is 44.6 Å². The van der Waals surface area contributed by atoms with Gasteiger partial charge in [-0.3, -0.25) is 4.99 Å². The minimum atomic E-state index is 0.538. The van der Waals surface area contributed by atoms with Gasteiger partial charge in [0, 0.05) is 25.8 Å². The summed E-state index contributed by atoms with van der Waals surface area (Å²) in [6.07, 6.45) is 9.36. The Bertz CT molecular complexity index is 495. The molecule has 2 rings (SSSR count). The maximum absolute atomic E-state index is 5.81. The van der Waals surface area contributed by atoms with Gasteiger partial charge in [-0.25, -0.2) is 4.98 Å². The first-order valence-corrected chi connectivity index (χ1v) is 10.0. The van der Waals surface area contributed by atoms with E-state index in [0.717, 1.165) is 38.4 Å². The SMILES string of the molecule is CCNC(=NCCCN1CCCCCC1)NCCc1ccc(Cl)nc1. The lowest BCUT2D eigenvalue weighted by atomic mass is 10.2. The molecule has 0 saturated carbocycles. The predicted molar refractivity (Wildman–Crippen MR) is 106 cm³/mol. The van der Waals surface area contributed by atoms with E-state index in [-0.39, 0.29) is 0 Å². The lowest BCUT2D eigenvalue weighted by Gasteiger charge is -2.19. The van der Waals surface area contributed by atoms with Crippen molar-refractivity contribution in [3.8, 4) is 0 Å². The molecule has 1 aromatic rings. The summed E-state index contributed by atoms with van der Waals surface area (Å²) >= 11 is 5.81. The van der Waals surface area contributed by atoms with E-state index in [1.165, 1.54) is 50.9 Å². The average molecular weight is 366 g/mol. The maximum atomic E-state index is 5.81. The minimum Gasteiger partial charge on any atom is -0.357 e. The van der Waals surface area contributed by atoms with Gasteiger partial charge in [0.2, 0.25) is 0 Å². The second-order valence-electron chi connectivity index (χ2n) is 6.54. The molecule has 6 heteroatoms. The lowest BCUT2D eigenvalue weighted by Crippen LogP contribution is -2.38. The molecule has 1 aliphatic rings. The summed E-state index contributed by atoms with van der Waals surface area (Å²) in [6, 6.07) is 3.85. The summed E-state index contributed by atoms with van der Waals surface area (Å²) in [5.74, 6) is 0.903. The Morgan fingerprint density at radius 1 is 1.20 bits per heavy atom. The fourth-order valence-corrected chi connectivity index (χ4v) is 3.18. The zero-order valence-electron chi connectivity index (χ0n) is 15.4. The van der Waals surface area contributed by atoms with Crippen LogP contribution in [0.3, 0.4) is 0 Å². The van der Waals surface area contributed by atoms with Crippen LogP contribution in [0, 0.1) is 0 Å². The van der Waals surface area contributed by atoms with Crippen LogP contribution in [0.15, 0.2) is 23.3 Å². The average Bonchev–Trinajstić information content (AvgIpc) is 2.89. The second-order valence-corrected chi connectivity index (χ2v) is 6.92. The predicted octanol–water partition coefficient (Wildman–Crippen LogP) is 3.10. The van der Waals surface area contributed by atoms with E-state index < -0.39 is 0 Å². The third-order valence-corrected chi connectivity index (χ3v) is 4.66. The molecule has 0 atom stereocenters. The normalized spacial score (nSPS) is 16.5. The smallest absolute Gasteiger partial charge is 0.191 e. The summed E-state index contributed by atoms with van der Waals surface area (Å²) in [5, 5.41) is 7.25. The van der Waals surface area contributed by atoms with Crippen molar-refractivity contribution in [2.24, 2.45) is 4.99 Å². The van der Waals surface area contributed by atoms with E-state index >= 15 is 0 Å². The van der Waals surface area contributed by atoms with Crippen LogP contribution in [0.25, 0.3) is 0 Å². The van der Waals surface area contributed by atoms with Gasteiger partial charge >= 0.3 is 0 Å². The molecule has 0 aliphatic carbocycles. The highest BCUT2D eigenvalue weighted by Crippen LogP contribution is 2.09. The highest BCUT2D eigenvalue weighted by atomic mass is 35.5. The van der Waals surface area contributed by atoms with Gasteiger partial charge in [-0.15, -0.1) is 0 Å². The second kappa shape index (κ2) is 12.1. The Balaban J connectivity index is 1.67. The van der Waals surface area contributed by atoms with Crippen molar-refractivity contribution in [1.29, 1.82) is 0 Å². The summed E-state index contributed by atoms with van der Waals surface area (Å²) in [4.78, 5) is 11.4. The number of guanidine groups is 1. The summed E-state index contributed by atoms with van der Waals surface area (Å²) in [6.45, 7) is 8.36. The third-order valence-electron chi connectivity index (χ3n) is 4.44. The summed E-state index contributed by atoms with van der Waals surface area (Å²) in [7, 11) is 0. The van der Waals surface area contributed by atoms with E-state index in [9.17, 15) is 0 Å². The summed E-state index contributed by atoms with van der Waals surface area (Å²) in [5.41, 5.74) is 1.17. The van der Waals surface area contributed by atoms with Gasteiger partial charge in [0.15, 0.2) is 5.96 Å². The molecule has 0 amide bonds. The first-order chi connectivity index (χ1) is 12.3. The van der Waals surface area contributed by atoms with Crippen molar-refractivity contribution in [3.05, 3.63) is 29.0 Å². The van der Waals surface area contributed by atoms with Crippen molar-refractivity contribution in [2.75, 3.05) is 39.3 Å². The zero-order chi connectivity index (χ0) is 17.7. The molecule has 1 fully saturated rings. The highest BCUT2D eigenvalue weighted by molar-refractivity contribution is 6.29. The number of rotatable bonds is 8. The minimum absolute atomic E-state index is 0.538. The molecule has 0 radical (unpaired) electrons. The van der Waals surface area contributed by atoms with E-state index in [2.05, 4.69) is 27.4 Å². The first kappa shape index (κ1) is 20.0. The number of likely N-dealkylation sites (tertiary alicyclic amines) is 1. The molecule has 1 aliphatic heterocycles. The van der Waals surface area contributed by atoms with Crippen LogP contribution < -0.4 is 10.6 Å². The number of nitrogens with zero attached hydrogens (tertiary/aromatic N) is 3. The van der Waals surface area contributed by atoms with Crippen LogP contribution in [0.2, 0.25) is 5.15 Å². The Morgan fingerprint density at radius 3 is 2.68 bits per heavy atom. The maximum Gasteiger partial charge on any atom is 0.191 e.